The molecule has 0 saturated carbocycles. The first-order chi connectivity index (χ1) is 4.97. The van der Waals surface area contributed by atoms with Crippen LogP contribution in [0, 0.1) is 6.42 Å². The van der Waals surface area contributed by atoms with Crippen LogP contribution in [0.25, 0.3) is 0 Å². The third-order valence-electron chi connectivity index (χ3n) is 1.65. The van der Waals surface area contributed by atoms with E-state index in [9.17, 15) is 0 Å². The van der Waals surface area contributed by atoms with Gasteiger partial charge in [0.05, 0.1) is 5.69 Å². The van der Waals surface area contributed by atoms with Crippen LogP contribution in [0.15, 0.2) is 29.3 Å². The van der Waals surface area contributed by atoms with Crippen molar-refractivity contribution in [2.45, 2.75) is 6.42 Å². The number of aliphatic imine (C=N–C) groups is 1. The summed E-state index contributed by atoms with van der Waals surface area (Å²) in [6.45, 7) is 0. The molecule has 49 valence electrons. The van der Waals surface area contributed by atoms with Crippen molar-refractivity contribution in [2.24, 2.45) is 4.99 Å². The Hall–Kier alpha value is -1.11. The Morgan fingerprint density at radius 1 is 1.20 bits per heavy atom. The zero-order valence-corrected chi connectivity index (χ0v) is 5.62. The number of hydrogen-bond acceptors (Lipinski definition) is 1. The van der Waals surface area contributed by atoms with E-state index in [1.54, 1.807) is 0 Å². The third kappa shape index (κ3) is 0.838. The van der Waals surface area contributed by atoms with Crippen molar-refractivity contribution in [3.63, 3.8) is 0 Å². The predicted molar refractivity (Wildman–Crippen MR) is 42.6 cm³/mol. The molecule has 0 unspecified atom stereocenters. The average molecular weight is 130 g/mol. The summed E-state index contributed by atoms with van der Waals surface area (Å²) in [6.07, 6.45) is 4.96. The third-order valence-corrected chi connectivity index (χ3v) is 1.65. The van der Waals surface area contributed by atoms with Crippen LogP contribution in [-0.4, -0.2) is 6.21 Å². The normalized spacial score (nSPS) is 14.8. The van der Waals surface area contributed by atoms with Crippen LogP contribution in [-0.2, 0) is 6.42 Å². The molecule has 0 spiro atoms. The van der Waals surface area contributed by atoms with Gasteiger partial charge in [-0.05, 0) is 18.1 Å². The van der Waals surface area contributed by atoms with Crippen molar-refractivity contribution in [3.8, 4) is 0 Å². The van der Waals surface area contributed by atoms with Crippen LogP contribution in [0.1, 0.15) is 5.56 Å². The van der Waals surface area contributed by atoms with E-state index in [-0.39, 0.29) is 0 Å². The van der Waals surface area contributed by atoms with Gasteiger partial charge in [-0.2, -0.15) is 0 Å². The molecule has 1 aromatic rings. The van der Waals surface area contributed by atoms with Crippen LogP contribution in [0.2, 0.25) is 0 Å². The molecule has 1 aromatic carbocycles. The predicted octanol–water partition coefficient (Wildman–Crippen LogP) is 2.15. The summed E-state index contributed by atoms with van der Waals surface area (Å²) in [7, 11) is 0. The van der Waals surface area contributed by atoms with Crippen LogP contribution in [0.5, 0.6) is 0 Å². The van der Waals surface area contributed by atoms with Gasteiger partial charge < -0.3 is 0 Å². The van der Waals surface area contributed by atoms with Crippen LogP contribution in [0.4, 0.5) is 5.69 Å². The van der Waals surface area contributed by atoms with E-state index < -0.39 is 0 Å². The topological polar surface area (TPSA) is 12.4 Å². The molecule has 0 fully saturated rings. The number of para-hydroxylation sites is 1. The lowest BCUT2D eigenvalue weighted by atomic mass is 10.1. The van der Waals surface area contributed by atoms with Gasteiger partial charge in [0, 0.05) is 12.6 Å². The Morgan fingerprint density at radius 2 is 2.10 bits per heavy atom. The second-order valence-electron chi connectivity index (χ2n) is 2.35. The lowest BCUT2D eigenvalue weighted by Gasteiger charge is -2.06. The van der Waals surface area contributed by atoms with Crippen molar-refractivity contribution in [1.29, 1.82) is 0 Å². The van der Waals surface area contributed by atoms with Gasteiger partial charge in [0.2, 0.25) is 0 Å². The molecule has 0 N–H and O–H groups in total. The van der Waals surface area contributed by atoms with E-state index in [4.69, 9.17) is 0 Å². The molecule has 0 aliphatic carbocycles. The first-order valence-electron chi connectivity index (χ1n) is 3.40. The minimum atomic E-state index is 1.03. The van der Waals surface area contributed by atoms with Crippen LogP contribution >= 0.6 is 0 Å². The second-order valence-corrected chi connectivity index (χ2v) is 2.35. The van der Waals surface area contributed by atoms with Gasteiger partial charge in [-0.25, -0.2) is 0 Å². The fourth-order valence-corrected chi connectivity index (χ4v) is 1.12. The molecule has 0 aromatic heterocycles. The maximum Gasteiger partial charge on any atom is 0.0658 e. The Kier molecular flexibility index (Phi) is 1.28. The lowest BCUT2D eigenvalue weighted by Crippen LogP contribution is -1.92. The quantitative estimate of drug-likeness (QED) is 0.510. The molecule has 1 nitrogen and oxygen atoms in total. The lowest BCUT2D eigenvalue weighted by molar-refractivity contribution is 1.19. The van der Waals surface area contributed by atoms with Gasteiger partial charge >= 0.3 is 0 Å². The van der Waals surface area contributed by atoms with Gasteiger partial charge in [0.15, 0.2) is 0 Å². The molecule has 0 saturated heterocycles. The zero-order chi connectivity index (χ0) is 6.81. The number of benzene rings is 1. The fourth-order valence-electron chi connectivity index (χ4n) is 1.12. The largest absolute Gasteiger partial charge is 0.261 e. The van der Waals surface area contributed by atoms with E-state index in [2.05, 4.69) is 17.5 Å². The number of rotatable bonds is 0. The van der Waals surface area contributed by atoms with Crippen LogP contribution < -0.4 is 0 Å². The van der Waals surface area contributed by atoms with Crippen molar-refractivity contribution < 1.29 is 0 Å². The maximum absolute atomic E-state index is 4.21. The Bertz CT molecular complexity index is 263. The summed E-state index contributed by atoms with van der Waals surface area (Å²) < 4.78 is 0. The first-order valence-corrected chi connectivity index (χ1v) is 3.40. The Morgan fingerprint density at radius 3 is 3.00 bits per heavy atom. The summed E-state index contributed by atoms with van der Waals surface area (Å²) in [5.41, 5.74) is 2.44. The number of hydrogen-bond donors (Lipinski definition) is 0. The van der Waals surface area contributed by atoms with Gasteiger partial charge in [-0.3, -0.25) is 4.99 Å². The molecular formula is C9H8N. The smallest absolute Gasteiger partial charge is 0.0658 e. The number of fused-ring (bicyclic) bond motifs is 1. The molecule has 1 radical (unpaired) electrons. The molecule has 1 aliphatic rings. The highest BCUT2D eigenvalue weighted by atomic mass is 14.7. The summed E-state index contributed by atoms with van der Waals surface area (Å²) in [5.74, 6) is 0. The average Bonchev–Trinajstić information content (AvgIpc) is 2.05. The Labute approximate surface area is 60.4 Å². The SMILES string of the molecule is [CH]1C=Nc2ccccc2C1. The van der Waals surface area contributed by atoms with Gasteiger partial charge in [-0.1, -0.05) is 18.2 Å². The van der Waals surface area contributed by atoms with Crippen molar-refractivity contribution >= 4 is 11.9 Å². The maximum atomic E-state index is 4.21. The summed E-state index contributed by atoms with van der Waals surface area (Å²) in [4.78, 5) is 4.21. The molecule has 0 amide bonds. The van der Waals surface area contributed by atoms with Gasteiger partial charge in [0.25, 0.3) is 0 Å². The highest BCUT2D eigenvalue weighted by Crippen LogP contribution is 2.21. The van der Waals surface area contributed by atoms with E-state index >= 15 is 0 Å². The van der Waals surface area contributed by atoms with E-state index in [0.29, 0.717) is 0 Å². The Balaban J connectivity index is 2.54. The first kappa shape index (κ1) is 5.66. The molecule has 1 aliphatic heterocycles. The number of nitrogens with zero attached hydrogens (tertiary/aromatic N) is 1. The molecule has 1 heteroatoms. The molecule has 1 heterocycles. The molecule has 0 bridgehead atoms. The highest BCUT2D eigenvalue weighted by Gasteiger charge is 2.01. The highest BCUT2D eigenvalue weighted by molar-refractivity contribution is 5.76. The van der Waals surface area contributed by atoms with E-state index in [1.165, 1.54) is 5.56 Å². The monoisotopic (exact) mass is 130 g/mol. The summed E-state index contributed by atoms with van der Waals surface area (Å²) in [5, 5.41) is 0. The minimum absolute atomic E-state index is 1.03. The molecule has 10 heavy (non-hydrogen) atoms. The molecular weight excluding hydrogens is 122 g/mol. The summed E-state index contributed by atoms with van der Waals surface area (Å²) >= 11 is 0. The van der Waals surface area contributed by atoms with Gasteiger partial charge in [0.1, 0.15) is 0 Å². The molecule has 2 rings (SSSR count). The van der Waals surface area contributed by atoms with E-state index in [1.807, 2.05) is 24.4 Å². The van der Waals surface area contributed by atoms with E-state index in [0.717, 1.165) is 12.1 Å². The molecule has 0 atom stereocenters. The minimum Gasteiger partial charge on any atom is -0.261 e. The van der Waals surface area contributed by atoms with Crippen molar-refractivity contribution in [3.05, 3.63) is 36.2 Å². The van der Waals surface area contributed by atoms with Crippen LogP contribution in [0.3, 0.4) is 0 Å². The summed E-state index contributed by atoms with van der Waals surface area (Å²) in [6, 6.07) is 8.22. The van der Waals surface area contributed by atoms with Crippen molar-refractivity contribution in [1.82, 2.24) is 0 Å². The standard InChI is InChI=1S/C9H8N/c1-2-6-9-8(4-1)5-3-7-10-9/h1-4,6-7H,5H2. The van der Waals surface area contributed by atoms with Crippen molar-refractivity contribution in [2.75, 3.05) is 0 Å². The zero-order valence-electron chi connectivity index (χ0n) is 5.62. The van der Waals surface area contributed by atoms with Gasteiger partial charge in [-0.15, -0.1) is 0 Å². The fraction of sp³-hybridized carbons (Fsp3) is 0.111. The second kappa shape index (κ2) is 2.25.